The molecule has 0 bridgehead atoms. The van der Waals surface area contributed by atoms with Gasteiger partial charge in [0.15, 0.2) is 11.5 Å². The van der Waals surface area contributed by atoms with E-state index in [0.717, 1.165) is 5.56 Å². The number of fused-ring (bicyclic) bond motifs is 1. The Balaban J connectivity index is 1.49. The standard InChI is InChI=1S/C18H16FNO3/c19-14-8-5-13(6-9-14)7-10-18(21)20-11-15-12-22-16-3-1-2-4-17(16)23-15/h1-10,15H,11-12H2,(H,20,21)/b10-7+/t15-/m0/s1. The molecule has 2 aromatic rings. The van der Waals surface area contributed by atoms with Gasteiger partial charge in [-0.25, -0.2) is 4.39 Å². The van der Waals surface area contributed by atoms with E-state index in [0.29, 0.717) is 24.7 Å². The third-order valence-corrected chi connectivity index (χ3v) is 3.37. The Morgan fingerprint density at radius 2 is 1.91 bits per heavy atom. The van der Waals surface area contributed by atoms with Gasteiger partial charge in [-0.05, 0) is 35.9 Å². The summed E-state index contributed by atoms with van der Waals surface area (Å²) < 4.78 is 24.1. The molecule has 2 aromatic carbocycles. The minimum absolute atomic E-state index is 0.229. The fourth-order valence-corrected chi connectivity index (χ4v) is 2.18. The lowest BCUT2D eigenvalue weighted by Gasteiger charge is -2.26. The van der Waals surface area contributed by atoms with Crippen LogP contribution in [0, 0.1) is 5.82 Å². The van der Waals surface area contributed by atoms with Gasteiger partial charge in [0, 0.05) is 6.08 Å². The molecule has 1 N–H and O–H groups in total. The van der Waals surface area contributed by atoms with Gasteiger partial charge in [0.1, 0.15) is 18.5 Å². The van der Waals surface area contributed by atoms with Crippen LogP contribution < -0.4 is 14.8 Å². The number of carbonyl (C=O) groups excluding carboxylic acids is 1. The molecule has 23 heavy (non-hydrogen) atoms. The van der Waals surface area contributed by atoms with Crippen molar-refractivity contribution in [3.8, 4) is 11.5 Å². The van der Waals surface area contributed by atoms with E-state index in [9.17, 15) is 9.18 Å². The molecule has 0 unspecified atom stereocenters. The first kappa shape index (κ1) is 15.1. The van der Waals surface area contributed by atoms with Crippen LogP contribution in [0.3, 0.4) is 0 Å². The summed E-state index contributed by atoms with van der Waals surface area (Å²) in [5, 5.41) is 2.76. The van der Waals surface area contributed by atoms with Gasteiger partial charge in [0.25, 0.3) is 0 Å². The van der Waals surface area contributed by atoms with Gasteiger partial charge >= 0.3 is 0 Å². The zero-order chi connectivity index (χ0) is 16.1. The van der Waals surface area contributed by atoms with Crippen molar-refractivity contribution in [2.45, 2.75) is 6.10 Å². The number of ether oxygens (including phenoxy) is 2. The zero-order valence-electron chi connectivity index (χ0n) is 12.4. The first-order valence-electron chi connectivity index (χ1n) is 7.31. The van der Waals surface area contributed by atoms with Crippen LogP contribution in [0.15, 0.2) is 54.6 Å². The molecule has 0 aliphatic carbocycles. The Bertz CT molecular complexity index is 712. The molecular weight excluding hydrogens is 297 g/mol. The summed E-state index contributed by atoms with van der Waals surface area (Å²) in [5.41, 5.74) is 0.757. The van der Waals surface area contributed by atoms with Crippen LogP contribution in [-0.2, 0) is 4.79 Å². The van der Waals surface area contributed by atoms with Crippen LogP contribution in [0.2, 0.25) is 0 Å². The molecule has 5 heteroatoms. The highest BCUT2D eigenvalue weighted by Crippen LogP contribution is 2.30. The number of para-hydroxylation sites is 2. The number of rotatable bonds is 4. The van der Waals surface area contributed by atoms with E-state index in [-0.39, 0.29) is 17.8 Å². The number of halogens is 1. The Morgan fingerprint density at radius 3 is 2.70 bits per heavy atom. The van der Waals surface area contributed by atoms with Crippen LogP contribution in [-0.4, -0.2) is 25.2 Å². The van der Waals surface area contributed by atoms with Crippen molar-refractivity contribution in [3.63, 3.8) is 0 Å². The summed E-state index contributed by atoms with van der Waals surface area (Å²) in [4.78, 5) is 11.8. The van der Waals surface area contributed by atoms with Crippen molar-refractivity contribution in [2.24, 2.45) is 0 Å². The summed E-state index contributed by atoms with van der Waals surface area (Å²) in [6, 6.07) is 13.3. The Labute approximate surface area is 133 Å². The zero-order valence-corrected chi connectivity index (χ0v) is 12.4. The van der Waals surface area contributed by atoms with Gasteiger partial charge in [-0.1, -0.05) is 24.3 Å². The molecule has 1 aliphatic heterocycles. The lowest BCUT2D eigenvalue weighted by atomic mass is 10.2. The van der Waals surface area contributed by atoms with E-state index in [4.69, 9.17) is 9.47 Å². The summed E-state index contributed by atoms with van der Waals surface area (Å²) in [7, 11) is 0. The average Bonchev–Trinajstić information content (AvgIpc) is 2.59. The maximum Gasteiger partial charge on any atom is 0.244 e. The molecule has 1 aliphatic rings. The molecule has 0 fully saturated rings. The first-order chi connectivity index (χ1) is 11.2. The van der Waals surface area contributed by atoms with E-state index in [1.165, 1.54) is 18.2 Å². The van der Waals surface area contributed by atoms with Gasteiger partial charge in [0.2, 0.25) is 5.91 Å². The summed E-state index contributed by atoms with van der Waals surface area (Å²) in [6.45, 7) is 0.736. The SMILES string of the molecule is O=C(/C=C/c1ccc(F)cc1)NC[C@H]1COc2ccccc2O1. The fourth-order valence-electron chi connectivity index (χ4n) is 2.18. The second-order valence-electron chi connectivity index (χ2n) is 5.13. The highest BCUT2D eigenvalue weighted by Gasteiger charge is 2.20. The number of nitrogens with one attached hydrogen (secondary N) is 1. The summed E-state index contributed by atoms with van der Waals surface area (Å²) in [5.74, 6) is 0.851. The maximum absolute atomic E-state index is 12.8. The first-order valence-corrected chi connectivity index (χ1v) is 7.31. The minimum Gasteiger partial charge on any atom is -0.486 e. The van der Waals surface area contributed by atoms with Gasteiger partial charge < -0.3 is 14.8 Å². The van der Waals surface area contributed by atoms with Crippen LogP contribution in [0.5, 0.6) is 11.5 Å². The van der Waals surface area contributed by atoms with Crippen molar-refractivity contribution in [2.75, 3.05) is 13.2 Å². The molecule has 0 spiro atoms. The predicted molar refractivity (Wildman–Crippen MR) is 84.8 cm³/mol. The molecule has 0 saturated heterocycles. The van der Waals surface area contributed by atoms with Crippen molar-refractivity contribution in [3.05, 3.63) is 66.0 Å². The molecule has 1 atom stereocenters. The minimum atomic E-state index is -0.304. The normalized spacial score (nSPS) is 16.3. The Kier molecular flexibility index (Phi) is 4.57. The summed E-state index contributed by atoms with van der Waals surface area (Å²) >= 11 is 0. The number of hydrogen-bond donors (Lipinski definition) is 1. The third kappa shape index (κ3) is 4.10. The summed E-state index contributed by atoms with van der Waals surface area (Å²) in [6.07, 6.45) is 2.81. The molecule has 3 rings (SSSR count). The number of hydrogen-bond acceptors (Lipinski definition) is 3. The van der Waals surface area contributed by atoms with E-state index < -0.39 is 0 Å². The molecular formula is C18H16FNO3. The lowest BCUT2D eigenvalue weighted by molar-refractivity contribution is -0.116. The number of amides is 1. The van der Waals surface area contributed by atoms with Crippen LogP contribution in [0.4, 0.5) is 4.39 Å². The molecule has 0 aromatic heterocycles. The Hall–Kier alpha value is -2.82. The average molecular weight is 313 g/mol. The topological polar surface area (TPSA) is 47.6 Å². The Morgan fingerprint density at radius 1 is 1.17 bits per heavy atom. The van der Waals surface area contributed by atoms with E-state index in [1.807, 2.05) is 24.3 Å². The third-order valence-electron chi connectivity index (χ3n) is 3.37. The number of benzene rings is 2. The molecule has 0 saturated carbocycles. The molecule has 1 heterocycles. The molecule has 118 valence electrons. The predicted octanol–water partition coefficient (Wildman–Crippen LogP) is 2.80. The smallest absolute Gasteiger partial charge is 0.244 e. The van der Waals surface area contributed by atoms with Crippen molar-refractivity contribution >= 4 is 12.0 Å². The second-order valence-corrected chi connectivity index (χ2v) is 5.13. The monoisotopic (exact) mass is 313 g/mol. The lowest BCUT2D eigenvalue weighted by Crippen LogP contribution is -2.40. The fraction of sp³-hybridized carbons (Fsp3) is 0.167. The van der Waals surface area contributed by atoms with E-state index in [1.54, 1.807) is 18.2 Å². The van der Waals surface area contributed by atoms with Crippen molar-refractivity contribution in [1.82, 2.24) is 5.32 Å². The van der Waals surface area contributed by atoms with Gasteiger partial charge in [-0.3, -0.25) is 4.79 Å². The maximum atomic E-state index is 12.8. The van der Waals surface area contributed by atoms with Crippen molar-refractivity contribution < 1.29 is 18.7 Å². The highest BCUT2D eigenvalue weighted by molar-refractivity contribution is 5.91. The van der Waals surface area contributed by atoms with Crippen LogP contribution >= 0.6 is 0 Å². The van der Waals surface area contributed by atoms with E-state index in [2.05, 4.69) is 5.32 Å². The highest BCUT2D eigenvalue weighted by atomic mass is 19.1. The van der Waals surface area contributed by atoms with Gasteiger partial charge in [0.05, 0.1) is 6.54 Å². The molecule has 4 nitrogen and oxygen atoms in total. The quantitative estimate of drug-likeness (QED) is 0.883. The van der Waals surface area contributed by atoms with Crippen LogP contribution in [0.1, 0.15) is 5.56 Å². The number of carbonyl (C=O) groups is 1. The van der Waals surface area contributed by atoms with Crippen LogP contribution in [0.25, 0.3) is 6.08 Å². The van der Waals surface area contributed by atoms with E-state index >= 15 is 0 Å². The van der Waals surface area contributed by atoms with Crippen molar-refractivity contribution in [1.29, 1.82) is 0 Å². The van der Waals surface area contributed by atoms with Gasteiger partial charge in [-0.2, -0.15) is 0 Å². The molecule has 1 amide bonds. The molecule has 0 radical (unpaired) electrons. The second kappa shape index (κ2) is 6.96. The largest absolute Gasteiger partial charge is 0.486 e. The van der Waals surface area contributed by atoms with Gasteiger partial charge in [-0.15, -0.1) is 0 Å².